The number of aromatic nitrogens is 4. The van der Waals surface area contributed by atoms with Gasteiger partial charge in [0.25, 0.3) is 0 Å². The third kappa shape index (κ3) is 3.37. The van der Waals surface area contributed by atoms with E-state index in [0.29, 0.717) is 35.4 Å². The molecular formula is C19H17FN6O. The van der Waals surface area contributed by atoms with Crippen molar-refractivity contribution in [1.82, 2.24) is 19.7 Å². The number of nitrogens with two attached hydrogens (primary N) is 1. The van der Waals surface area contributed by atoms with Crippen LogP contribution >= 0.6 is 0 Å². The van der Waals surface area contributed by atoms with Crippen LogP contribution in [0.5, 0.6) is 5.75 Å². The Bertz CT molecular complexity index is 1080. The van der Waals surface area contributed by atoms with Crippen molar-refractivity contribution in [3.63, 3.8) is 0 Å². The molecule has 8 heteroatoms. The summed E-state index contributed by atoms with van der Waals surface area (Å²) in [5.41, 5.74) is 8.42. The highest BCUT2D eigenvalue weighted by Gasteiger charge is 2.18. The number of benzene rings is 2. The van der Waals surface area contributed by atoms with Crippen molar-refractivity contribution in [1.29, 1.82) is 0 Å². The van der Waals surface area contributed by atoms with E-state index < -0.39 is 5.82 Å². The maximum Gasteiger partial charge on any atom is 0.164 e. The average Bonchev–Trinajstić information content (AvgIpc) is 3.02. The fourth-order valence-electron chi connectivity index (χ4n) is 2.96. The van der Waals surface area contributed by atoms with Gasteiger partial charge in [-0.3, -0.25) is 0 Å². The molecule has 4 N–H and O–H groups in total. The van der Waals surface area contributed by atoms with Crippen LogP contribution in [-0.4, -0.2) is 31.4 Å². The molecule has 0 radical (unpaired) electrons. The molecule has 7 nitrogen and oxygen atoms in total. The van der Waals surface area contributed by atoms with Crippen molar-refractivity contribution in [3.05, 3.63) is 60.7 Å². The summed E-state index contributed by atoms with van der Waals surface area (Å²) >= 11 is 0. The van der Waals surface area contributed by atoms with Gasteiger partial charge < -0.3 is 16.2 Å². The predicted molar refractivity (Wildman–Crippen MR) is 102 cm³/mol. The third-order valence-corrected chi connectivity index (χ3v) is 4.14. The summed E-state index contributed by atoms with van der Waals surface area (Å²) in [7, 11) is 0. The predicted octanol–water partition coefficient (Wildman–Crippen LogP) is 3.03. The fourth-order valence-corrected chi connectivity index (χ4v) is 2.96. The number of fused-ring (bicyclic) bond motifs is 1. The Balaban J connectivity index is 1.70. The second-order valence-electron chi connectivity index (χ2n) is 6.02. The molecule has 27 heavy (non-hydrogen) atoms. The van der Waals surface area contributed by atoms with Gasteiger partial charge in [-0.2, -0.15) is 5.10 Å². The number of nitrogen functional groups attached to an aromatic ring is 1. The second kappa shape index (κ2) is 6.91. The molecule has 2 aromatic heterocycles. The van der Waals surface area contributed by atoms with E-state index in [2.05, 4.69) is 20.4 Å². The summed E-state index contributed by atoms with van der Waals surface area (Å²) in [6.45, 7) is 1.13. The lowest BCUT2D eigenvalue weighted by atomic mass is 10.1. The molecule has 0 aliphatic carbocycles. The highest BCUT2D eigenvalue weighted by molar-refractivity contribution is 5.98. The van der Waals surface area contributed by atoms with Gasteiger partial charge in [-0.05, 0) is 24.3 Å². The molecule has 136 valence electrons. The van der Waals surface area contributed by atoms with Crippen molar-refractivity contribution < 1.29 is 9.50 Å². The number of phenols is 1. The van der Waals surface area contributed by atoms with Gasteiger partial charge >= 0.3 is 0 Å². The third-order valence-electron chi connectivity index (χ3n) is 4.14. The van der Waals surface area contributed by atoms with Gasteiger partial charge in [0.15, 0.2) is 5.65 Å². The van der Waals surface area contributed by atoms with Crippen LogP contribution < -0.4 is 11.1 Å². The molecule has 0 aliphatic rings. The number of hydrogen-bond acceptors (Lipinski definition) is 6. The van der Waals surface area contributed by atoms with Crippen LogP contribution in [0.1, 0.15) is 0 Å². The molecule has 0 saturated heterocycles. The number of para-hydroxylation sites is 1. The van der Waals surface area contributed by atoms with Crippen LogP contribution in [-0.2, 0) is 6.54 Å². The summed E-state index contributed by atoms with van der Waals surface area (Å²) in [5.74, 6) is -0.497. The normalized spacial score (nSPS) is 11.0. The van der Waals surface area contributed by atoms with Crippen LogP contribution in [0.25, 0.3) is 22.3 Å². The lowest BCUT2D eigenvalue weighted by Gasteiger charge is -2.06. The first-order valence-electron chi connectivity index (χ1n) is 8.37. The van der Waals surface area contributed by atoms with E-state index >= 15 is 0 Å². The van der Waals surface area contributed by atoms with Gasteiger partial charge in [-0.1, -0.05) is 18.2 Å². The number of rotatable bonds is 5. The van der Waals surface area contributed by atoms with Crippen LogP contribution in [0.4, 0.5) is 15.9 Å². The molecule has 4 aromatic rings. The molecule has 0 amide bonds. The van der Waals surface area contributed by atoms with E-state index in [9.17, 15) is 9.50 Å². The summed E-state index contributed by atoms with van der Waals surface area (Å²) in [6, 6.07) is 13.6. The minimum absolute atomic E-state index is 0.186. The molecule has 2 heterocycles. The number of phenolic OH excluding ortho intramolecular Hbond substituents is 1. The van der Waals surface area contributed by atoms with Gasteiger partial charge in [-0.15, -0.1) is 0 Å². The smallest absolute Gasteiger partial charge is 0.164 e. The summed E-state index contributed by atoms with van der Waals surface area (Å²) in [6.07, 6.45) is 1.37. The van der Waals surface area contributed by atoms with Gasteiger partial charge in [-0.25, -0.2) is 19.0 Å². The Morgan fingerprint density at radius 1 is 1.11 bits per heavy atom. The molecule has 2 aromatic carbocycles. The van der Waals surface area contributed by atoms with Gasteiger partial charge in [0, 0.05) is 23.9 Å². The minimum Gasteiger partial charge on any atom is -0.508 e. The first-order chi connectivity index (χ1) is 13.1. The lowest BCUT2D eigenvalue weighted by Crippen LogP contribution is -2.12. The number of nitrogens with one attached hydrogen (secondary N) is 1. The molecule has 0 aliphatic heterocycles. The van der Waals surface area contributed by atoms with Crippen molar-refractivity contribution in [2.24, 2.45) is 0 Å². The molecule has 0 bridgehead atoms. The van der Waals surface area contributed by atoms with E-state index in [-0.39, 0.29) is 11.6 Å². The van der Waals surface area contributed by atoms with E-state index in [1.54, 1.807) is 4.68 Å². The molecule has 0 unspecified atom stereocenters. The Labute approximate surface area is 154 Å². The largest absolute Gasteiger partial charge is 0.508 e. The maximum absolute atomic E-state index is 13.7. The molecular weight excluding hydrogens is 347 g/mol. The number of halogens is 1. The molecule has 0 atom stereocenters. The van der Waals surface area contributed by atoms with Crippen LogP contribution in [0.3, 0.4) is 0 Å². The van der Waals surface area contributed by atoms with Crippen molar-refractivity contribution in [2.75, 3.05) is 17.6 Å². The molecule has 0 fully saturated rings. The summed E-state index contributed by atoms with van der Waals surface area (Å²) in [4.78, 5) is 8.30. The standard InChI is InChI=1S/C19H17FN6O/c20-13-8-12(9-15(27)10-13)17-16-18(21)23-11-24-19(16)26(25-17)7-6-22-14-4-2-1-3-5-14/h1-5,8-11,22,27H,6-7H2,(H2,21,23,24). The Morgan fingerprint density at radius 2 is 1.93 bits per heavy atom. The molecule has 0 saturated carbocycles. The Kier molecular flexibility index (Phi) is 4.29. The molecule has 0 spiro atoms. The Hall–Kier alpha value is -3.68. The van der Waals surface area contributed by atoms with Crippen LogP contribution in [0.15, 0.2) is 54.9 Å². The first kappa shape index (κ1) is 16.8. The Morgan fingerprint density at radius 3 is 2.70 bits per heavy atom. The second-order valence-corrected chi connectivity index (χ2v) is 6.02. The SMILES string of the molecule is Nc1ncnc2c1c(-c1cc(O)cc(F)c1)nn2CCNc1ccccc1. The number of nitrogens with zero attached hydrogens (tertiary/aromatic N) is 4. The van der Waals surface area contributed by atoms with Crippen molar-refractivity contribution >= 4 is 22.5 Å². The topological polar surface area (TPSA) is 102 Å². The van der Waals surface area contributed by atoms with E-state index in [1.165, 1.54) is 18.5 Å². The average molecular weight is 364 g/mol. The van der Waals surface area contributed by atoms with Gasteiger partial charge in [0.2, 0.25) is 0 Å². The maximum atomic E-state index is 13.7. The van der Waals surface area contributed by atoms with Crippen molar-refractivity contribution in [3.8, 4) is 17.0 Å². The molecule has 4 rings (SSSR count). The van der Waals surface area contributed by atoms with Crippen LogP contribution in [0, 0.1) is 5.82 Å². The van der Waals surface area contributed by atoms with E-state index in [1.807, 2.05) is 30.3 Å². The van der Waals surface area contributed by atoms with E-state index in [0.717, 1.165) is 11.8 Å². The lowest BCUT2D eigenvalue weighted by molar-refractivity contribution is 0.469. The summed E-state index contributed by atoms with van der Waals surface area (Å²) in [5, 5.41) is 18.1. The summed E-state index contributed by atoms with van der Waals surface area (Å²) < 4.78 is 15.4. The quantitative estimate of drug-likeness (QED) is 0.503. The zero-order valence-electron chi connectivity index (χ0n) is 14.3. The monoisotopic (exact) mass is 364 g/mol. The van der Waals surface area contributed by atoms with Crippen molar-refractivity contribution in [2.45, 2.75) is 6.54 Å². The highest BCUT2D eigenvalue weighted by Crippen LogP contribution is 2.32. The fraction of sp³-hybridized carbons (Fsp3) is 0.105. The first-order valence-corrected chi connectivity index (χ1v) is 8.37. The number of aromatic hydroxyl groups is 1. The van der Waals surface area contributed by atoms with Gasteiger partial charge in [0.05, 0.1) is 11.9 Å². The zero-order chi connectivity index (χ0) is 18.8. The van der Waals surface area contributed by atoms with Gasteiger partial charge in [0.1, 0.15) is 29.4 Å². The highest BCUT2D eigenvalue weighted by atomic mass is 19.1. The minimum atomic E-state index is -0.561. The van der Waals surface area contributed by atoms with E-state index in [4.69, 9.17) is 5.73 Å². The number of hydrogen-bond donors (Lipinski definition) is 3. The number of anilines is 2. The zero-order valence-corrected chi connectivity index (χ0v) is 14.3. The van der Waals surface area contributed by atoms with Crippen LogP contribution in [0.2, 0.25) is 0 Å².